The minimum atomic E-state index is -4.40. The summed E-state index contributed by atoms with van der Waals surface area (Å²) in [6.07, 6.45) is -2.07. The average molecular weight is 420 g/mol. The van der Waals surface area contributed by atoms with Crippen LogP contribution in [0.4, 0.5) is 13.2 Å². The minimum Gasteiger partial charge on any atom is -0.481 e. The molecule has 0 aromatic carbocycles. The quantitative estimate of drug-likeness (QED) is 0.597. The summed E-state index contributed by atoms with van der Waals surface area (Å²) in [4.78, 5) is 12.3. The second-order valence-corrected chi connectivity index (χ2v) is 5.36. The van der Waals surface area contributed by atoms with E-state index in [0.717, 1.165) is 12.3 Å². The molecular weight excluding hydrogens is 412 g/mol. The third kappa shape index (κ3) is 2.60. The fourth-order valence-electron chi connectivity index (χ4n) is 1.93. The second kappa shape index (κ2) is 5.38. The maximum Gasteiger partial charge on any atom is 0.417 e. The SMILES string of the molecule is COc1cc(-c2nc3ccc(C(F)(F)F)cn3c2I)ncn1. The first-order valence-electron chi connectivity index (χ1n) is 6.01. The van der Waals surface area contributed by atoms with Gasteiger partial charge >= 0.3 is 6.18 Å². The smallest absolute Gasteiger partial charge is 0.417 e. The summed E-state index contributed by atoms with van der Waals surface area (Å²) in [5, 5.41) is 0. The number of aromatic nitrogens is 4. The Hall–Kier alpha value is -1.91. The average Bonchev–Trinajstić information content (AvgIpc) is 2.83. The lowest BCUT2D eigenvalue weighted by atomic mass is 10.3. The Labute approximate surface area is 136 Å². The molecule has 114 valence electrons. The Morgan fingerprint density at radius 1 is 1.23 bits per heavy atom. The number of hydrogen-bond acceptors (Lipinski definition) is 4. The Kier molecular flexibility index (Phi) is 3.67. The van der Waals surface area contributed by atoms with Crippen molar-refractivity contribution >= 4 is 28.2 Å². The highest BCUT2D eigenvalue weighted by Gasteiger charge is 2.31. The second-order valence-electron chi connectivity index (χ2n) is 4.34. The molecule has 0 N–H and O–H groups in total. The van der Waals surface area contributed by atoms with Crippen molar-refractivity contribution in [2.45, 2.75) is 6.18 Å². The number of ether oxygens (including phenoxy) is 1. The summed E-state index contributed by atoms with van der Waals surface area (Å²) in [7, 11) is 1.47. The molecule has 3 rings (SSSR count). The largest absolute Gasteiger partial charge is 0.481 e. The molecule has 0 unspecified atom stereocenters. The lowest BCUT2D eigenvalue weighted by molar-refractivity contribution is -0.137. The van der Waals surface area contributed by atoms with Crippen LogP contribution in [0.25, 0.3) is 17.0 Å². The lowest BCUT2D eigenvalue weighted by Crippen LogP contribution is -2.06. The van der Waals surface area contributed by atoms with Crippen LogP contribution in [-0.2, 0) is 6.18 Å². The number of pyridine rings is 1. The minimum absolute atomic E-state index is 0.355. The molecule has 3 heterocycles. The molecule has 3 aromatic heterocycles. The van der Waals surface area contributed by atoms with Gasteiger partial charge in [-0.2, -0.15) is 13.2 Å². The fourth-order valence-corrected chi connectivity index (χ4v) is 2.71. The van der Waals surface area contributed by atoms with Gasteiger partial charge < -0.3 is 4.74 Å². The maximum absolute atomic E-state index is 12.8. The number of methoxy groups -OCH3 is 1. The molecule has 0 aliphatic rings. The molecule has 0 radical (unpaired) electrons. The van der Waals surface area contributed by atoms with E-state index in [2.05, 4.69) is 15.0 Å². The van der Waals surface area contributed by atoms with Crippen molar-refractivity contribution < 1.29 is 17.9 Å². The van der Waals surface area contributed by atoms with Crippen LogP contribution in [0, 0.1) is 3.70 Å². The normalized spacial score (nSPS) is 11.9. The van der Waals surface area contributed by atoms with Crippen molar-refractivity contribution in [1.82, 2.24) is 19.4 Å². The van der Waals surface area contributed by atoms with Crippen LogP contribution in [0.3, 0.4) is 0 Å². The molecule has 0 bridgehead atoms. The first kappa shape index (κ1) is 15.0. The van der Waals surface area contributed by atoms with Crippen LogP contribution in [0.2, 0.25) is 0 Å². The van der Waals surface area contributed by atoms with Crippen molar-refractivity contribution in [1.29, 1.82) is 0 Å². The van der Waals surface area contributed by atoms with Gasteiger partial charge in [-0.15, -0.1) is 0 Å². The summed E-state index contributed by atoms with van der Waals surface area (Å²) in [6.45, 7) is 0. The first-order chi connectivity index (χ1) is 10.4. The highest BCUT2D eigenvalue weighted by Crippen LogP contribution is 2.31. The van der Waals surface area contributed by atoms with Crippen molar-refractivity contribution in [3.63, 3.8) is 0 Å². The molecule has 0 fully saturated rings. The van der Waals surface area contributed by atoms with Gasteiger partial charge in [0.25, 0.3) is 0 Å². The van der Waals surface area contributed by atoms with E-state index >= 15 is 0 Å². The van der Waals surface area contributed by atoms with E-state index in [4.69, 9.17) is 4.74 Å². The lowest BCUT2D eigenvalue weighted by Gasteiger charge is -2.06. The van der Waals surface area contributed by atoms with E-state index in [1.807, 2.05) is 22.6 Å². The molecular formula is C13H8F3IN4O. The third-order valence-corrected chi connectivity index (χ3v) is 4.01. The molecule has 0 amide bonds. The zero-order valence-electron chi connectivity index (χ0n) is 11.1. The number of nitrogens with zero attached hydrogens (tertiary/aromatic N) is 4. The van der Waals surface area contributed by atoms with Crippen LogP contribution >= 0.6 is 22.6 Å². The number of fused-ring (bicyclic) bond motifs is 1. The van der Waals surface area contributed by atoms with Gasteiger partial charge in [-0.05, 0) is 34.7 Å². The number of hydrogen-bond donors (Lipinski definition) is 0. The Bertz CT molecular complexity index is 847. The van der Waals surface area contributed by atoms with Crippen LogP contribution in [0.5, 0.6) is 5.88 Å². The van der Waals surface area contributed by atoms with Crippen molar-refractivity contribution in [3.05, 3.63) is 40.0 Å². The van der Waals surface area contributed by atoms with Crippen LogP contribution in [0.15, 0.2) is 30.7 Å². The molecule has 22 heavy (non-hydrogen) atoms. The van der Waals surface area contributed by atoms with Gasteiger partial charge in [-0.1, -0.05) is 0 Å². The van der Waals surface area contributed by atoms with E-state index in [9.17, 15) is 13.2 Å². The number of alkyl halides is 3. The van der Waals surface area contributed by atoms with Crippen molar-refractivity contribution in [2.75, 3.05) is 7.11 Å². The summed E-state index contributed by atoms with van der Waals surface area (Å²) in [6, 6.07) is 3.91. The molecule has 3 aromatic rings. The Morgan fingerprint density at radius 3 is 2.68 bits per heavy atom. The predicted molar refractivity (Wildman–Crippen MR) is 80.5 cm³/mol. The third-order valence-electron chi connectivity index (χ3n) is 2.98. The van der Waals surface area contributed by atoms with E-state index < -0.39 is 11.7 Å². The molecule has 0 aliphatic carbocycles. The predicted octanol–water partition coefficient (Wildman–Crippen LogP) is 3.42. The van der Waals surface area contributed by atoms with E-state index in [-0.39, 0.29) is 0 Å². The summed E-state index contributed by atoms with van der Waals surface area (Å²) < 4.78 is 45.3. The van der Waals surface area contributed by atoms with Gasteiger partial charge in [0.05, 0.1) is 18.4 Å². The van der Waals surface area contributed by atoms with Gasteiger partial charge in [-0.25, -0.2) is 15.0 Å². The van der Waals surface area contributed by atoms with Crippen LogP contribution in [0.1, 0.15) is 5.56 Å². The number of rotatable bonds is 2. The van der Waals surface area contributed by atoms with Gasteiger partial charge in [0.15, 0.2) is 0 Å². The van der Waals surface area contributed by atoms with E-state index in [0.29, 0.717) is 26.6 Å². The van der Waals surface area contributed by atoms with Crippen molar-refractivity contribution in [2.24, 2.45) is 0 Å². The van der Waals surface area contributed by atoms with Gasteiger partial charge in [0.1, 0.15) is 21.4 Å². The van der Waals surface area contributed by atoms with Crippen LogP contribution in [-0.4, -0.2) is 26.5 Å². The van der Waals surface area contributed by atoms with Crippen LogP contribution < -0.4 is 4.74 Å². The van der Waals surface area contributed by atoms with Gasteiger partial charge in [-0.3, -0.25) is 4.40 Å². The van der Waals surface area contributed by atoms with Crippen molar-refractivity contribution in [3.8, 4) is 17.3 Å². The maximum atomic E-state index is 12.8. The molecule has 0 saturated carbocycles. The topological polar surface area (TPSA) is 52.3 Å². The number of imidazole rings is 1. The highest BCUT2D eigenvalue weighted by atomic mass is 127. The fraction of sp³-hybridized carbons (Fsp3) is 0.154. The zero-order valence-corrected chi connectivity index (χ0v) is 13.3. The highest BCUT2D eigenvalue weighted by molar-refractivity contribution is 14.1. The number of halogens is 4. The van der Waals surface area contributed by atoms with Gasteiger partial charge in [0.2, 0.25) is 5.88 Å². The Morgan fingerprint density at radius 2 is 2.00 bits per heavy atom. The molecule has 0 saturated heterocycles. The van der Waals surface area contributed by atoms with E-state index in [1.54, 1.807) is 6.07 Å². The summed E-state index contributed by atoms with van der Waals surface area (Å²) in [5.74, 6) is 0.355. The summed E-state index contributed by atoms with van der Waals surface area (Å²) >= 11 is 1.94. The molecule has 0 aliphatic heterocycles. The molecule has 0 spiro atoms. The van der Waals surface area contributed by atoms with E-state index in [1.165, 1.54) is 23.9 Å². The monoisotopic (exact) mass is 420 g/mol. The zero-order chi connectivity index (χ0) is 15.9. The standard InChI is InChI=1S/C13H8F3IN4O/c1-22-10-4-8(18-6-19-10)11-12(17)21-5-7(13(14,15)16)2-3-9(21)20-11/h2-6H,1H3. The molecule has 9 heteroatoms. The Balaban J connectivity index is 2.17. The first-order valence-corrected chi connectivity index (χ1v) is 7.09. The molecule has 5 nitrogen and oxygen atoms in total. The van der Waals surface area contributed by atoms with Gasteiger partial charge in [0, 0.05) is 12.3 Å². The summed E-state index contributed by atoms with van der Waals surface area (Å²) in [5.41, 5.74) is 0.626. The molecule has 0 atom stereocenters.